The molecule has 0 radical (unpaired) electrons. The molecule has 0 spiro atoms. The highest BCUT2D eigenvalue weighted by Gasteiger charge is 2.29. The second kappa shape index (κ2) is 3.26. The molecule has 0 saturated heterocycles. The average molecular weight is 196 g/mol. The van der Waals surface area contributed by atoms with Gasteiger partial charge in [0.15, 0.2) is 11.4 Å². The van der Waals surface area contributed by atoms with E-state index < -0.39 is 0 Å². The Kier molecular flexibility index (Phi) is 2.10. The summed E-state index contributed by atoms with van der Waals surface area (Å²) in [5.74, 6) is 0.190. The molecule has 1 aromatic rings. The molecule has 1 fully saturated rings. The lowest BCUT2D eigenvalue weighted by Crippen LogP contribution is -2.12. The van der Waals surface area contributed by atoms with Gasteiger partial charge in [-0.15, -0.1) is 0 Å². The predicted octanol–water partition coefficient (Wildman–Crippen LogP) is 1.30. The molecule has 0 atom stereocenters. The number of thiazole rings is 1. The number of nitrogens with zero attached hydrogens (tertiary/aromatic N) is 1. The zero-order valence-electron chi connectivity index (χ0n) is 6.82. The molecule has 1 heterocycles. The summed E-state index contributed by atoms with van der Waals surface area (Å²) in [6, 6.07) is 0. The minimum atomic E-state index is 0.0202. The van der Waals surface area contributed by atoms with Crippen LogP contribution in [-0.2, 0) is 4.79 Å². The summed E-state index contributed by atoms with van der Waals surface area (Å²) in [7, 11) is 0. The van der Waals surface area contributed by atoms with Crippen molar-refractivity contribution in [2.45, 2.75) is 12.8 Å². The number of aldehydes is 1. The molecular weight excluding hydrogens is 188 g/mol. The summed E-state index contributed by atoms with van der Waals surface area (Å²) in [5, 5.41) is 3.18. The van der Waals surface area contributed by atoms with Crippen LogP contribution < -0.4 is 5.32 Å². The molecule has 1 aliphatic carbocycles. The summed E-state index contributed by atoms with van der Waals surface area (Å²) < 4.78 is 0. The van der Waals surface area contributed by atoms with Gasteiger partial charge in [-0.05, 0) is 12.8 Å². The van der Waals surface area contributed by atoms with Gasteiger partial charge in [-0.1, -0.05) is 11.3 Å². The van der Waals surface area contributed by atoms with Crippen molar-refractivity contribution >= 4 is 28.7 Å². The minimum Gasteiger partial charge on any atom is -0.302 e. The standard InChI is InChI=1S/C8H8N2O2S/c11-4-6-3-9-8(13-6)10-7(12)5-1-2-5/h3-5H,1-2H2,(H,9,10,12). The summed E-state index contributed by atoms with van der Waals surface area (Å²) in [6.45, 7) is 0. The van der Waals surface area contributed by atoms with Gasteiger partial charge < -0.3 is 5.32 Å². The van der Waals surface area contributed by atoms with Crippen molar-refractivity contribution in [2.24, 2.45) is 5.92 Å². The van der Waals surface area contributed by atoms with E-state index in [1.165, 1.54) is 17.5 Å². The Labute approximate surface area is 79.0 Å². The van der Waals surface area contributed by atoms with Gasteiger partial charge in [-0.2, -0.15) is 0 Å². The van der Waals surface area contributed by atoms with Gasteiger partial charge in [-0.3, -0.25) is 9.59 Å². The molecular formula is C8H8N2O2S. The Morgan fingerprint density at radius 2 is 2.46 bits per heavy atom. The second-order valence-electron chi connectivity index (χ2n) is 2.95. The van der Waals surface area contributed by atoms with Crippen LogP contribution in [0.3, 0.4) is 0 Å². The first-order chi connectivity index (χ1) is 6.29. The lowest BCUT2D eigenvalue weighted by Gasteiger charge is -1.96. The van der Waals surface area contributed by atoms with Gasteiger partial charge in [0.25, 0.3) is 0 Å². The van der Waals surface area contributed by atoms with Crippen LogP contribution in [0, 0.1) is 5.92 Å². The van der Waals surface area contributed by atoms with Gasteiger partial charge >= 0.3 is 0 Å². The summed E-state index contributed by atoms with van der Waals surface area (Å²) in [5.41, 5.74) is 0. The summed E-state index contributed by atoms with van der Waals surface area (Å²) >= 11 is 1.20. The van der Waals surface area contributed by atoms with Crippen LogP contribution in [0.5, 0.6) is 0 Å². The van der Waals surface area contributed by atoms with Crippen LogP contribution in [0.4, 0.5) is 5.13 Å². The van der Waals surface area contributed by atoms with E-state index in [9.17, 15) is 9.59 Å². The molecule has 2 rings (SSSR count). The van der Waals surface area contributed by atoms with Gasteiger partial charge in [0, 0.05) is 5.92 Å². The third kappa shape index (κ3) is 1.92. The molecule has 68 valence electrons. The van der Waals surface area contributed by atoms with Crippen molar-refractivity contribution in [3.8, 4) is 0 Å². The highest BCUT2D eigenvalue weighted by Crippen LogP contribution is 2.30. The average Bonchev–Trinajstić information content (AvgIpc) is 2.88. The Balaban J connectivity index is 2.00. The van der Waals surface area contributed by atoms with E-state index in [-0.39, 0.29) is 11.8 Å². The first-order valence-electron chi connectivity index (χ1n) is 4.01. The van der Waals surface area contributed by atoms with Crippen LogP contribution in [0.2, 0.25) is 0 Å². The smallest absolute Gasteiger partial charge is 0.229 e. The number of amides is 1. The van der Waals surface area contributed by atoms with E-state index >= 15 is 0 Å². The van der Waals surface area contributed by atoms with E-state index in [0.29, 0.717) is 10.0 Å². The van der Waals surface area contributed by atoms with Gasteiger partial charge in [-0.25, -0.2) is 4.98 Å². The maximum atomic E-state index is 11.2. The first kappa shape index (κ1) is 8.37. The largest absolute Gasteiger partial charge is 0.302 e. The molecule has 13 heavy (non-hydrogen) atoms. The number of carbonyl (C=O) groups is 2. The monoisotopic (exact) mass is 196 g/mol. The van der Waals surface area contributed by atoms with Gasteiger partial charge in [0.05, 0.1) is 11.1 Å². The van der Waals surface area contributed by atoms with Crippen molar-refractivity contribution in [3.05, 3.63) is 11.1 Å². The Hall–Kier alpha value is -1.23. The molecule has 1 aromatic heterocycles. The van der Waals surface area contributed by atoms with E-state index in [2.05, 4.69) is 10.3 Å². The Morgan fingerprint density at radius 1 is 1.69 bits per heavy atom. The molecule has 4 nitrogen and oxygen atoms in total. The number of hydrogen-bond donors (Lipinski definition) is 1. The van der Waals surface area contributed by atoms with Crippen molar-refractivity contribution in [1.29, 1.82) is 0 Å². The highest BCUT2D eigenvalue weighted by atomic mass is 32.1. The number of aromatic nitrogens is 1. The fraction of sp³-hybridized carbons (Fsp3) is 0.375. The predicted molar refractivity (Wildman–Crippen MR) is 48.9 cm³/mol. The molecule has 5 heteroatoms. The number of anilines is 1. The number of nitrogens with one attached hydrogen (secondary N) is 1. The van der Waals surface area contributed by atoms with Crippen LogP contribution in [0.25, 0.3) is 0 Å². The minimum absolute atomic E-state index is 0.0202. The third-order valence-corrected chi connectivity index (χ3v) is 2.66. The van der Waals surface area contributed by atoms with Crippen LogP contribution >= 0.6 is 11.3 Å². The lowest BCUT2D eigenvalue weighted by molar-refractivity contribution is -0.117. The Morgan fingerprint density at radius 3 is 3.00 bits per heavy atom. The topological polar surface area (TPSA) is 59.1 Å². The molecule has 0 unspecified atom stereocenters. The Bertz CT molecular complexity index is 344. The lowest BCUT2D eigenvalue weighted by atomic mass is 10.4. The first-order valence-corrected chi connectivity index (χ1v) is 4.83. The van der Waals surface area contributed by atoms with Crippen molar-refractivity contribution in [1.82, 2.24) is 4.98 Å². The van der Waals surface area contributed by atoms with Crippen LogP contribution in [0.15, 0.2) is 6.20 Å². The maximum absolute atomic E-state index is 11.2. The fourth-order valence-electron chi connectivity index (χ4n) is 0.952. The van der Waals surface area contributed by atoms with Gasteiger partial charge in [0.1, 0.15) is 0 Å². The molecule has 1 aliphatic rings. The molecule has 0 aliphatic heterocycles. The summed E-state index contributed by atoms with van der Waals surface area (Å²) in [6.07, 6.45) is 4.13. The SMILES string of the molecule is O=Cc1cnc(NC(=O)C2CC2)s1. The van der Waals surface area contributed by atoms with E-state index in [4.69, 9.17) is 0 Å². The normalized spacial score (nSPS) is 15.4. The summed E-state index contributed by atoms with van der Waals surface area (Å²) in [4.78, 5) is 26.0. The van der Waals surface area contributed by atoms with E-state index in [1.54, 1.807) is 0 Å². The fourth-order valence-corrected chi connectivity index (χ4v) is 1.59. The van der Waals surface area contributed by atoms with Crippen LogP contribution in [0.1, 0.15) is 22.5 Å². The van der Waals surface area contributed by atoms with E-state index in [1.807, 2.05) is 0 Å². The highest BCUT2D eigenvalue weighted by molar-refractivity contribution is 7.17. The zero-order valence-corrected chi connectivity index (χ0v) is 7.63. The number of carbonyl (C=O) groups excluding carboxylic acids is 2. The quantitative estimate of drug-likeness (QED) is 0.741. The third-order valence-electron chi connectivity index (χ3n) is 1.82. The molecule has 1 saturated carbocycles. The maximum Gasteiger partial charge on any atom is 0.229 e. The second-order valence-corrected chi connectivity index (χ2v) is 4.01. The van der Waals surface area contributed by atoms with Gasteiger partial charge in [0.2, 0.25) is 5.91 Å². The number of hydrogen-bond acceptors (Lipinski definition) is 4. The number of rotatable bonds is 3. The molecule has 1 amide bonds. The van der Waals surface area contributed by atoms with Crippen LogP contribution in [-0.4, -0.2) is 17.2 Å². The van der Waals surface area contributed by atoms with Crippen molar-refractivity contribution in [3.63, 3.8) is 0 Å². The molecule has 0 aromatic carbocycles. The molecule has 1 N–H and O–H groups in total. The van der Waals surface area contributed by atoms with Crippen molar-refractivity contribution < 1.29 is 9.59 Å². The van der Waals surface area contributed by atoms with E-state index in [0.717, 1.165) is 19.1 Å². The molecule has 0 bridgehead atoms. The van der Waals surface area contributed by atoms with Crippen molar-refractivity contribution in [2.75, 3.05) is 5.32 Å². The zero-order chi connectivity index (χ0) is 9.26.